The van der Waals surface area contributed by atoms with Crippen molar-refractivity contribution in [2.24, 2.45) is 0 Å². The van der Waals surface area contributed by atoms with Gasteiger partial charge in [-0.2, -0.15) is 0 Å². The average Bonchev–Trinajstić information content (AvgIpc) is 1.78. The molecule has 0 unspecified atom stereocenters. The van der Waals surface area contributed by atoms with Crippen LogP contribution in [0.1, 0.15) is 0 Å². The van der Waals surface area contributed by atoms with Crippen LogP contribution >= 0.6 is 0 Å². The molecule has 8 heavy (non-hydrogen) atoms. The van der Waals surface area contributed by atoms with Crippen molar-refractivity contribution in [3.8, 4) is 0 Å². The Hall–Kier alpha value is 1.69. The van der Waals surface area contributed by atoms with E-state index in [4.69, 9.17) is 13.8 Å². The maximum absolute atomic E-state index is 8.50. The molecule has 0 heterocycles. The Bertz CT molecular complexity index is 48.0. The molecule has 0 atom stereocenters. The minimum atomic E-state index is -2.00. The molecule has 0 aliphatic carbocycles. The summed E-state index contributed by atoms with van der Waals surface area (Å²) in [5.41, 5.74) is 0. The zero-order valence-electron chi connectivity index (χ0n) is 3.34. The summed E-state index contributed by atoms with van der Waals surface area (Å²) >= 11 is -0.639. The van der Waals surface area contributed by atoms with E-state index in [0.717, 1.165) is 20.4 Å². The van der Waals surface area contributed by atoms with Crippen LogP contribution in [0.4, 0.5) is 0 Å². The van der Waals surface area contributed by atoms with E-state index in [2.05, 4.69) is 0 Å². The van der Waals surface area contributed by atoms with Gasteiger partial charge < -0.3 is 0 Å². The molecule has 0 rings (SSSR count). The van der Waals surface area contributed by atoms with Crippen LogP contribution in [0.2, 0.25) is 0 Å². The van der Waals surface area contributed by atoms with Gasteiger partial charge in [-0.15, -0.1) is 0 Å². The first-order chi connectivity index (χ1) is 3.41. The average molecular weight is 218 g/mol. The van der Waals surface area contributed by atoms with Crippen molar-refractivity contribution in [1.29, 1.82) is 0 Å². The van der Waals surface area contributed by atoms with Crippen LogP contribution in [0.15, 0.2) is 0 Å². The number of hydrogen-bond donors (Lipinski definition) is 0. The predicted molar refractivity (Wildman–Crippen MR) is 19.8 cm³/mol. The monoisotopic (exact) mass is 218 g/mol. The first-order valence-corrected chi connectivity index (χ1v) is 3.39. The van der Waals surface area contributed by atoms with Gasteiger partial charge in [-0.25, -0.2) is 0 Å². The van der Waals surface area contributed by atoms with Gasteiger partial charge in [0.2, 0.25) is 0 Å². The Labute approximate surface area is 85.8 Å². The normalized spacial score (nSPS) is 1.75. The molecule has 0 spiro atoms. The Balaban J connectivity index is -0.0000000147. The third kappa shape index (κ3) is 120. The van der Waals surface area contributed by atoms with Gasteiger partial charge in [-0.1, -0.05) is 0 Å². The molecule has 0 saturated heterocycles. The summed E-state index contributed by atoms with van der Waals surface area (Å²) in [4.78, 5) is 0. The third-order valence-corrected chi connectivity index (χ3v) is 0. The van der Waals surface area contributed by atoms with Crippen molar-refractivity contribution in [2.75, 3.05) is 0 Å². The van der Waals surface area contributed by atoms with E-state index < -0.39 is 19.1 Å². The summed E-state index contributed by atoms with van der Waals surface area (Å²) in [5.74, 6) is 0. The third-order valence-electron chi connectivity index (χ3n) is 0. The fraction of sp³-hybridized carbons (Fsp3) is 0. The molecule has 0 aliphatic rings. The number of rotatable bonds is 0. The molecule has 42 valence electrons. The second kappa shape index (κ2) is 70.9. The van der Waals surface area contributed by atoms with E-state index in [-0.39, 0.29) is 17.4 Å². The summed E-state index contributed by atoms with van der Waals surface area (Å²) in [7, 11) is 0. The summed E-state index contributed by atoms with van der Waals surface area (Å²) in [5, 5.41) is 0. The van der Waals surface area contributed by atoms with Crippen molar-refractivity contribution in [2.45, 2.75) is 0 Å². The van der Waals surface area contributed by atoms with Crippen molar-refractivity contribution < 1.29 is 53.3 Å². The Kier molecular flexibility index (Phi) is 200. The van der Waals surface area contributed by atoms with Gasteiger partial charge in [-0.3, -0.25) is 0 Å². The van der Waals surface area contributed by atoms with E-state index >= 15 is 0 Å². The molecule has 0 N–H and O–H groups in total. The molecule has 0 aromatic rings. The molecular weight excluding hydrogens is 214 g/mol. The van der Waals surface area contributed by atoms with Crippen molar-refractivity contribution in [3.05, 3.63) is 0 Å². The molecule has 0 radical (unpaired) electrons. The predicted octanol–water partition coefficient (Wildman–Crippen LogP) is -2.31. The van der Waals surface area contributed by atoms with Crippen LogP contribution in [0.25, 0.3) is 0 Å². The molecular formula is H4Al2O4Ti2. The van der Waals surface area contributed by atoms with Gasteiger partial charge in [0, 0.05) is 0 Å². The topological polar surface area (TPSA) is 68.3 Å². The zero-order chi connectivity index (χ0) is 6.71. The molecule has 0 aliphatic heterocycles. The molecule has 0 aromatic heterocycles. The second-order valence-corrected chi connectivity index (χ2v) is 0.344. The van der Waals surface area contributed by atoms with E-state index in [1.807, 2.05) is 0 Å². The van der Waals surface area contributed by atoms with Crippen LogP contribution in [-0.2, 0) is 53.3 Å². The Morgan fingerprint density at radius 2 is 1.12 bits per heavy atom. The zero-order valence-corrected chi connectivity index (χ0v) is 7.88. The van der Waals surface area contributed by atoms with E-state index in [1.165, 1.54) is 0 Å². The summed E-state index contributed by atoms with van der Waals surface area (Å²) in [6.07, 6.45) is 0. The molecule has 0 fully saturated rings. The fourth-order valence-corrected chi connectivity index (χ4v) is 0. The quantitative estimate of drug-likeness (QED) is 0.428. The number of hydrogen-bond acceptors (Lipinski definition) is 4. The maximum atomic E-state index is 8.50. The summed E-state index contributed by atoms with van der Waals surface area (Å²) in [6.45, 7) is 0. The van der Waals surface area contributed by atoms with Gasteiger partial charge in [-0.05, 0) is 0 Å². The SMILES string of the molecule is [AlH3].[O]=[AlH].[O]=[Ti].[O]=[Ti]=[O]. The molecule has 0 aromatic carbocycles. The Morgan fingerprint density at radius 1 is 1.12 bits per heavy atom. The fourth-order valence-electron chi connectivity index (χ4n) is 0. The first-order valence-electron chi connectivity index (χ1n) is 0.901. The minimum absolute atomic E-state index is 0. The van der Waals surface area contributed by atoms with E-state index in [9.17, 15) is 0 Å². The summed E-state index contributed by atoms with van der Waals surface area (Å²) < 4.78 is 33.5. The van der Waals surface area contributed by atoms with Crippen LogP contribution in [0, 0.1) is 0 Å². The summed E-state index contributed by atoms with van der Waals surface area (Å²) in [6, 6.07) is 0. The first kappa shape index (κ1) is 22.6. The van der Waals surface area contributed by atoms with Crippen LogP contribution in [0.5, 0.6) is 0 Å². The van der Waals surface area contributed by atoms with Gasteiger partial charge in [0.25, 0.3) is 0 Å². The Morgan fingerprint density at radius 3 is 1.12 bits per heavy atom. The molecule has 0 bridgehead atoms. The van der Waals surface area contributed by atoms with E-state index in [1.54, 1.807) is 0 Å². The standard InChI is InChI=1S/2Al.4O.2Ti.4H. The van der Waals surface area contributed by atoms with Gasteiger partial charge in [0.15, 0.2) is 17.4 Å². The van der Waals surface area contributed by atoms with Gasteiger partial charge in [0.1, 0.15) is 0 Å². The molecule has 4 nitrogen and oxygen atoms in total. The van der Waals surface area contributed by atoms with Crippen molar-refractivity contribution in [1.82, 2.24) is 0 Å². The molecule has 0 amide bonds. The van der Waals surface area contributed by atoms with Crippen molar-refractivity contribution in [3.63, 3.8) is 0 Å². The molecule has 0 saturated carbocycles. The van der Waals surface area contributed by atoms with Gasteiger partial charge >= 0.3 is 69.5 Å². The van der Waals surface area contributed by atoms with Gasteiger partial charge in [0.05, 0.1) is 0 Å². The van der Waals surface area contributed by atoms with Crippen LogP contribution in [0.3, 0.4) is 0 Å². The van der Waals surface area contributed by atoms with Crippen LogP contribution in [-0.4, -0.2) is 33.6 Å². The second-order valence-electron chi connectivity index (χ2n) is 0.0833. The van der Waals surface area contributed by atoms with E-state index in [0.29, 0.717) is 16.2 Å². The van der Waals surface area contributed by atoms with Crippen molar-refractivity contribution >= 4 is 33.6 Å². The van der Waals surface area contributed by atoms with Crippen LogP contribution < -0.4 is 0 Å². The molecule has 8 heteroatoms.